The third kappa shape index (κ3) is 9.60. The monoisotopic (exact) mass is 506 g/mol. The van der Waals surface area contributed by atoms with Gasteiger partial charge in [-0.3, -0.25) is 9.59 Å². The van der Waals surface area contributed by atoms with E-state index in [9.17, 15) is 19.6 Å². The predicted molar refractivity (Wildman–Crippen MR) is 142 cm³/mol. The van der Waals surface area contributed by atoms with E-state index >= 15 is 0 Å². The van der Waals surface area contributed by atoms with Crippen molar-refractivity contribution in [1.29, 1.82) is 5.26 Å². The topological polar surface area (TPSA) is 112 Å². The van der Waals surface area contributed by atoms with E-state index in [1.165, 1.54) is 4.90 Å². The summed E-state index contributed by atoms with van der Waals surface area (Å²) in [6.07, 6.45) is 1.10. The lowest BCUT2D eigenvalue weighted by atomic mass is 9.99. The maximum atomic E-state index is 14.0. The molecule has 2 unspecified atom stereocenters. The summed E-state index contributed by atoms with van der Waals surface area (Å²) in [6, 6.07) is 16.4. The highest BCUT2D eigenvalue weighted by molar-refractivity contribution is 5.92. The fourth-order valence-corrected chi connectivity index (χ4v) is 3.78. The number of carbonyl (C=O) groups excluding carboxylic acids is 3. The van der Waals surface area contributed by atoms with Crippen LogP contribution in [0.2, 0.25) is 0 Å². The highest BCUT2D eigenvalue weighted by atomic mass is 16.6. The van der Waals surface area contributed by atoms with Gasteiger partial charge in [-0.15, -0.1) is 0 Å². The van der Waals surface area contributed by atoms with E-state index in [2.05, 4.69) is 10.6 Å². The van der Waals surface area contributed by atoms with Gasteiger partial charge in [0.2, 0.25) is 11.8 Å². The first kappa shape index (κ1) is 29.4. The Morgan fingerprint density at radius 2 is 1.70 bits per heavy atom. The van der Waals surface area contributed by atoms with Gasteiger partial charge in [-0.05, 0) is 45.2 Å². The van der Waals surface area contributed by atoms with Crippen molar-refractivity contribution in [2.45, 2.75) is 71.6 Å². The van der Waals surface area contributed by atoms with Gasteiger partial charge in [0.25, 0.3) is 0 Å². The Morgan fingerprint density at radius 3 is 2.27 bits per heavy atom. The molecule has 8 heteroatoms. The second-order valence-corrected chi connectivity index (χ2v) is 9.97. The molecule has 0 aliphatic carbocycles. The summed E-state index contributed by atoms with van der Waals surface area (Å²) in [7, 11) is 0. The standard InChI is InChI=1S/C29H38N4O4/c1-6-7-18-31-26(34)25(23-15-13-21(2)14-16-23)33(19-17-30)27(35)24(20-22-11-9-8-10-12-22)32-28(36)37-29(3,4)5/h8-16,24-25H,6-7,18-20H2,1-5H3,(H,31,34)(H,32,36). The molecule has 0 saturated heterocycles. The molecule has 3 amide bonds. The molecule has 0 fully saturated rings. The van der Waals surface area contributed by atoms with E-state index in [0.717, 1.165) is 24.0 Å². The highest BCUT2D eigenvalue weighted by Gasteiger charge is 2.36. The number of alkyl carbamates (subject to hydrolysis) is 1. The number of hydrogen-bond acceptors (Lipinski definition) is 5. The number of rotatable bonds is 11. The van der Waals surface area contributed by atoms with Crippen molar-refractivity contribution < 1.29 is 19.1 Å². The van der Waals surface area contributed by atoms with Crippen LogP contribution in [0.3, 0.4) is 0 Å². The van der Waals surface area contributed by atoms with Gasteiger partial charge in [-0.25, -0.2) is 4.79 Å². The summed E-state index contributed by atoms with van der Waals surface area (Å²) < 4.78 is 5.40. The van der Waals surface area contributed by atoms with E-state index in [0.29, 0.717) is 12.1 Å². The summed E-state index contributed by atoms with van der Waals surface area (Å²) >= 11 is 0. The van der Waals surface area contributed by atoms with E-state index < -0.39 is 29.7 Å². The molecular formula is C29H38N4O4. The number of unbranched alkanes of at least 4 members (excludes halogenated alkanes) is 1. The van der Waals surface area contributed by atoms with Crippen LogP contribution in [0.25, 0.3) is 0 Å². The zero-order valence-electron chi connectivity index (χ0n) is 22.4. The third-order valence-electron chi connectivity index (χ3n) is 5.58. The van der Waals surface area contributed by atoms with Gasteiger partial charge in [-0.1, -0.05) is 73.5 Å². The highest BCUT2D eigenvalue weighted by Crippen LogP contribution is 2.24. The van der Waals surface area contributed by atoms with Crippen molar-refractivity contribution >= 4 is 17.9 Å². The van der Waals surface area contributed by atoms with Crippen molar-refractivity contribution in [2.24, 2.45) is 0 Å². The van der Waals surface area contributed by atoms with Gasteiger partial charge in [0.15, 0.2) is 0 Å². The summed E-state index contributed by atoms with van der Waals surface area (Å²) in [5.41, 5.74) is 1.63. The Morgan fingerprint density at radius 1 is 1.05 bits per heavy atom. The zero-order valence-corrected chi connectivity index (χ0v) is 22.4. The summed E-state index contributed by atoms with van der Waals surface area (Å²) in [5.74, 6) is -0.927. The molecule has 0 aliphatic heterocycles. The average Bonchev–Trinajstić information content (AvgIpc) is 2.83. The Balaban J connectivity index is 2.47. The molecule has 198 valence electrons. The number of amides is 3. The van der Waals surface area contributed by atoms with E-state index in [1.54, 1.807) is 32.9 Å². The zero-order chi connectivity index (χ0) is 27.4. The molecule has 0 bridgehead atoms. The number of hydrogen-bond donors (Lipinski definition) is 2. The summed E-state index contributed by atoms with van der Waals surface area (Å²) in [4.78, 5) is 41.3. The summed E-state index contributed by atoms with van der Waals surface area (Å²) in [6.45, 7) is 9.27. The Hall–Kier alpha value is -3.86. The number of carbonyl (C=O) groups is 3. The minimum Gasteiger partial charge on any atom is -0.444 e. The molecule has 0 aliphatic rings. The van der Waals surface area contributed by atoms with Crippen LogP contribution in [0.4, 0.5) is 4.79 Å². The fraction of sp³-hybridized carbons (Fsp3) is 0.448. The molecule has 8 nitrogen and oxygen atoms in total. The van der Waals surface area contributed by atoms with Crippen molar-refractivity contribution in [2.75, 3.05) is 13.1 Å². The fourth-order valence-electron chi connectivity index (χ4n) is 3.78. The lowest BCUT2D eigenvalue weighted by molar-refractivity contribution is -0.141. The van der Waals surface area contributed by atoms with Crippen LogP contribution < -0.4 is 10.6 Å². The predicted octanol–water partition coefficient (Wildman–Crippen LogP) is 4.44. The third-order valence-corrected chi connectivity index (χ3v) is 5.58. The molecule has 37 heavy (non-hydrogen) atoms. The average molecular weight is 507 g/mol. The maximum Gasteiger partial charge on any atom is 0.408 e. The van der Waals surface area contributed by atoms with Crippen LogP contribution in [-0.4, -0.2) is 47.5 Å². The second-order valence-electron chi connectivity index (χ2n) is 9.97. The van der Waals surface area contributed by atoms with Crippen LogP contribution in [0.1, 0.15) is 63.3 Å². The van der Waals surface area contributed by atoms with Gasteiger partial charge in [0, 0.05) is 13.0 Å². The second kappa shape index (κ2) is 14.0. The van der Waals surface area contributed by atoms with Crippen LogP contribution in [0.5, 0.6) is 0 Å². The lowest BCUT2D eigenvalue weighted by Gasteiger charge is -2.33. The van der Waals surface area contributed by atoms with Gasteiger partial charge in [0.1, 0.15) is 24.2 Å². The van der Waals surface area contributed by atoms with Crippen LogP contribution in [0, 0.1) is 18.3 Å². The first-order valence-corrected chi connectivity index (χ1v) is 12.6. The van der Waals surface area contributed by atoms with Gasteiger partial charge >= 0.3 is 6.09 Å². The van der Waals surface area contributed by atoms with Crippen molar-refractivity contribution in [3.63, 3.8) is 0 Å². The molecular weight excluding hydrogens is 468 g/mol. The smallest absolute Gasteiger partial charge is 0.408 e. The SMILES string of the molecule is CCCCNC(=O)C(c1ccc(C)cc1)N(CC#N)C(=O)C(Cc1ccccc1)NC(=O)OC(C)(C)C. The Kier molecular flexibility index (Phi) is 11.1. The number of nitrogens with zero attached hydrogens (tertiary/aromatic N) is 2. The van der Waals surface area contributed by atoms with Crippen molar-refractivity contribution in [1.82, 2.24) is 15.5 Å². The summed E-state index contributed by atoms with van der Waals surface area (Å²) in [5, 5.41) is 15.2. The van der Waals surface area contributed by atoms with Gasteiger partial charge in [-0.2, -0.15) is 5.26 Å². The number of nitriles is 1. The normalized spacial score (nSPS) is 12.5. The molecule has 0 radical (unpaired) electrons. The largest absolute Gasteiger partial charge is 0.444 e. The van der Waals surface area contributed by atoms with Crippen LogP contribution >= 0.6 is 0 Å². The van der Waals surface area contributed by atoms with Gasteiger partial charge < -0.3 is 20.3 Å². The quantitative estimate of drug-likeness (QED) is 0.346. The Labute approximate surface area is 220 Å². The number of nitrogens with one attached hydrogen (secondary N) is 2. The first-order valence-electron chi connectivity index (χ1n) is 12.6. The number of benzene rings is 2. The molecule has 2 atom stereocenters. The lowest BCUT2D eigenvalue weighted by Crippen LogP contribution is -2.54. The minimum absolute atomic E-state index is 0.166. The first-order chi connectivity index (χ1) is 17.6. The molecule has 0 spiro atoms. The van der Waals surface area contributed by atoms with Gasteiger partial charge in [0.05, 0.1) is 6.07 Å². The van der Waals surface area contributed by atoms with E-state index in [1.807, 2.05) is 62.4 Å². The molecule has 2 rings (SSSR count). The molecule has 0 saturated carbocycles. The number of aryl methyl sites for hydroxylation is 1. The molecule has 2 aromatic carbocycles. The maximum absolute atomic E-state index is 14.0. The van der Waals surface area contributed by atoms with E-state index in [4.69, 9.17) is 4.74 Å². The van der Waals surface area contributed by atoms with E-state index in [-0.39, 0.29) is 18.9 Å². The number of ether oxygens (including phenoxy) is 1. The minimum atomic E-state index is -1.05. The molecule has 2 N–H and O–H groups in total. The molecule has 2 aromatic rings. The Bertz CT molecular complexity index is 1070. The molecule has 0 aromatic heterocycles. The van der Waals surface area contributed by atoms with Crippen molar-refractivity contribution in [3.05, 3.63) is 71.3 Å². The van der Waals surface area contributed by atoms with Crippen LogP contribution in [-0.2, 0) is 20.7 Å². The van der Waals surface area contributed by atoms with Crippen LogP contribution in [0.15, 0.2) is 54.6 Å². The molecule has 0 heterocycles. The van der Waals surface area contributed by atoms with Crippen molar-refractivity contribution in [3.8, 4) is 6.07 Å².